The zero-order chi connectivity index (χ0) is 18.1. The van der Waals surface area contributed by atoms with Gasteiger partial charge in [-0.1, -0.05) is 6.07 Å². The van der Waals surface area contributed by atoms with Crippen LogP contribution in [0.2, 0.25) is 0 Å². The van der Waals surface area contributed by atoms with Gasteiger partial charge in [0.25, 0.3) is 0 Å². The van der Waals surface area contributed by atoms with Crippen LogP contribution in [-0.2, 0) is 4.74 Å². The number of nitrogens with zero attached hydrogens (tertiary/aromatic N) is 4. The van der Waals surface area contributed by atoms with Gasteiger partial charge in [-0.15, -0.1) is 0 Å². The first-order chi connectivity index (χ1) is 12.6. The van der Waals surface area contributed by atoms with E-state index < -0.39 is 17.9 Å². The molecular formula is C19H17FN4O2. The number of hydrogen-bond donors (Lipinski definition) is 0. The number of hydrogen-bond acceptors (Lipinski definition) is 5. The Balaban J connectivity index is 1.59. The normalized spacial score (nSPS) is 14.8. The van der Waals surface area contributed by atoms with Gasteiger partial charge in [0.15, 0.2) is 5.69 Å². The third-order valence-corrected chi connectivity index (χ3v) is 4.30. The number of benzene rings is 1. The molecule has 3 aromatic rings. The maximum atomic E-state index is 14.5. The molecule has 1 saturated carbocycles. The molecular weight excluding hydrogens is 335 g/mol. The van der Waals surface area contributed by atoms with Crippen molar-refractivity contribution < 1.29 is 13.9 Å². The van der Waals surface area contributed by atoms with Crippen molar-refractivity contribution in [2.75, 3.05) is 0 Å². The minimum absolute atomic E-state index is 0.186. The molecule has 2 aromatic heterocycles. The third-order valence-electron chi connectivity index (χ3n) is 4.30. The topological polar surface area (TPSA) is 69.9 Å². The van der Waals surface area contributed by atoms with Gasteiger partial charge in [-0.2, -0.15) is 5.10 Å². The number of ether oxygens (including phenoxy) is 1. The van der Waals surface area contributed by atoms with Gasteiger partial charge in [-0.25, -0.2) is 23.8 Å². The number of carbonyl (C=O) groups is 1. The average Bonchev–Trinajstić information content (AvgIpc) is 3.36. The number of esters is 1. The Morgan fingerprint density at radius 3 is 2.85 bits per heavy atom. The van der Waals surface area contributed by atoms with Crippen LogP contribution in [0, 0.1) is 5.82 Å². The van der Waals surface area contributed by atoms with E-state index in [0.29, 0.717) is 17.4 Å². The summed E-state index contributed by atoms with van der Waals surface area (Å²) in [6.07, 6.45) is 6.14. The van der Waals surface area contributed by atoms with Crippen molar-refractivity contribution in [3.63, 3.8) is 0 Å². The van der Waals surface area contributed by atoms with Crippen LogP contribution in [0.4, 0.5) is 4.39 Å². The molecule has 2 heterocycles. The minimum atomic E-state index is -0.803. The van der Waals surface area contributed by atoms with Crippen molar-refractivity contribution in [3.05, 3.63) is 71.8 Å². The Morgan fingerprint density at radius 1 is 1.27 bits per heavy atom. The fraction of sp³-hybridized carbons (Fsp3) is 0.263. The number of rotatable bonds is 5. The Kier molecular flexibility index (Phi) is 4.20. The van der Waals surface area contributed by atoms with Crippen molar-refractivity contribution in [2.24, 2.45) is 0 Å². The van der Waals surface area contributed by atoms with Crippen LogP contribution < -0.4 is 0 Å². The summed E-state index contributed by atoms with van der Waals surface area (Å²) < 4.78 is 21.5. The summed E-state index contributed by atoms with van der Waals surface area (Å²) in [5.74, 6) is -0.0653. The molecule has 26 heavy (non-hydrogen) atoms. The molecule has 6 nitrogen and oxygen atoms in total. The van der Waals surface area contributed by atoms with Crippen LogP contribution in [0.15, 0.2) is 48.9 Å². The highest BCUT2D eigenvalue weighted by atomic mass is 19.1. The monoisotopic (exact) mass is 352 g/mol. The van der Waals surface area contributed by atoms with Crippen LogP contribution in [0.1, 0.15) is 53.7 Å². The molecule has 1 aliphatic carbocycles. The molecule has 4 rings (SSSR count). The Hall–Kier alpha value is -3.09. The van der Waals surface area contributed by atoms with E-state index in [9.17, 15) is 9.18 Å². The molecule has 0 N–H and O–H groups in total. The number of carbonyl (C=O) groups excluding carboxylic acids is 1. The summed E-state index contributed by atoms with van der Waals surface area (Å²) in [6, 6.07) is 7.91. The average molecular weight is 352 g/mol. The third kappa shape index (κ3) is 3.20. The van der Waals surface area contributed by atoms with Crippen LogP contribution in [0.3, 0.4) is 0 Å². The van der Waals surface area contributed by atoms with Crippen molar-refractivity contribution in [2.45, 2.75) is 31.8 Å². The van der Waals surface area contributed by atoms with Gasteiger partial charge in [-0.05, 0) is 44.0 Å². The van der Waals surface area contributed by atoms with Gasteiger partial charge in [0, 0.05) is 24.5 Å². The molecule has 0 unspecified atom stereocenters. The van der Waals surface area contributed by atoms with E-state index >= 15 is 0 Å². The van der Waals surface area contributed by atoms with Crippen molar-refractivity contribution in [1.82, 2.24) is 19.7 Å². The fourth-order valence-corrected chi connectivity index (χ4v) is 2.84. The maximum absolute atomic E-state index is 14.5. The molecule has 0 saturated heterocycles. The van der Waals surface area contributed by atoms with Gasteiger partial charge in [0.2, 0.25) is 0 Å². The van der Waals surface area contributed by atoms with Gasteiger partial charge in [0.1, 0.15) is 17.7 Å². The van der Waals surface area contributed by atoms with Gasteiger partial charge in [0.05, 0.1) is 11.3 Å². The van der Waals surface area contributed by atoms with Crippen molar-refractivity contribution in [1.29, 1.82) is 0 Å². The highest BCUT2D eigenvalue weighted by molar-refractivity contribution is 5.87. The highest BCUT2D eigenvalue weighted by Crippen LogP contribution is 2.37. The predicted octanol–water partition coefficient (Wildman–Crippen LogP) is 3.60. The van der Waals surface area contributed by atoms with E-state index in [1.807, 2.05) is 0 Å². The van der Waals surface area contributed by atoms with E-state index in [2.05, 4.69) is 15.1 Å². The standard InChI is InChI=1S/C19H17FN4O2/c1-12(17-14(20)4-2-5-16(17)24-11-3-9-22-24)26-19(25)15-8-10-21-18(23-15)13-6-7-13/h2-5,8-13H,6-7H2,1H3/t12-/m1/s1. The molecule has 0 amide bonds. The zero-order valence-electron chi connectivity index (χ0n) is 14.2. The second-order valence-electron chi connectivity index (χ2n) is 6.25. The highest BCUT2D eigenvalue weighted by Gasteiger charge is 2.28. The lowest BCUT2D eigenvalue weighted by atomic mass is 10.1. The summed E-state index contributed by atoms with van der Waals surface area (Å²) in [4.78, 5) is 20.9. The van der Waals surface area contributed by atoms with Crippen molar-refractivity contribution in [3.8, 4) is 5.69 Å². The second-order valence-corrected chi connectivity index (χ2v) is 6.25. The SMILES string of the molecule is C[C@@H](OC(=O)c1ccnc(C2CC2)n1)c1c(F)cccc1-n1cccn1. The molecule has 7 heteroatoms. The first-order valence-electron chi connectivity index (χ1n) is 8.46. The second kappa shape index (κ2) is 6.67. The van der Waals surface area contributed by atoms with Crippen LogP contribution >= 0.6 is 0 Å². The van der Waals surface area contributed by atoms with Gasteiger partial charge < -0.3 is 4.74 Å². The Morgan fingerprint density at radius 2 is 2.12 bits per heavy atom. The lowest BCUT2D eigenvalue weighted by molar-refractivity contribution is 0.0323. The smallest absolute Gasteiger partial charge is 0.357 e. The van der Waals surface area contributed by atoms with Gasteiger partial charge >= 0.3 is 5.97 Å². The van der Waals surface area contributed by atoms with Gasteiger partial charge in [-0.3, -0.25) is 0 Å². The molecule has 1 atom stereocenters. The summed E-state index contributed by atoms with van der Waals surface area (Å²) >= 11 is 0. The fourth-order valence-electron chi connectivity index (χ4n) is 2.84. The molecule has 0 aliphatic heterocycles. The van der Waals surface area contributed by atoms with E-state index in [1.54, 1.807) is 48.4 Å². The number of aromatic nitrogens is 4. The largest absolute Gasteiger partial charge is 0.453 e. The molecule has 0 spiro atoms. The van der Waals surface area contributed by atoms with Crippen LogP contribution in [0.5, 0.6) is 0 Å². The molecule has 1 aromatic carbocycles. The summed E-state index contributed by atoms with van der Waals surface area (Å²) in [6.45, 7) is 1.63. The quantitative estimate of drug-likeness (QED) is 0.656. The Bertz CT molecular complexity index is 938. The Labute approximate surface area is 149 Å². The summed E-state index contributed by atoms with van der Waals surface area (Å²) in [5.41, 5.74) is 0.975. The number of halogens is 1. The van der Waals surface area contributed by atoms with E-state index in [1.165, 1.54) is 12.1 Å². The zero-order valence-corrected chi connectivity index (χ0v) is 14.2. The lowest BCUT2D eigenvalue weighted by Gasteiger charge is -2.18. The molecule has 1 aliphatic rings. The first-order valence-corrected chi connectivity index (χ1v) is 8.46. The maximum Gasteiger partial charge on any atom is 0.357 e. The van der Waals surface area contributed by atoms with E-state index in [4.69, 9.17) is 4.74 Å². The van der Waals surface area contributed by atoms with Crippen LogP contribution in [-0.4, -0.2) is 25.7 Å². The molecule has 0 bridgehead atoms. The van der Waals surface area contributed by atoms with E-state index in [-0.39, 0.29) is 11.3 Å². The molecule has 1 fully saturated rings. The minimum Gasteiger partial charge on any atom is -0.453 e. The molecule has 132 valence electrons. The van der Waals surface area contributed by atoms with E-state index in [0.717, 1.165) is 12.8 Å². The predicted molar refractivity (Wildman–Crippen MR) is 91.4 cm³/mol. The summed E-state index contributed by atoms with van der Waals surface area (Å²) in [5, 5.41) is 4.13. The van der Waals surface area contributed by atoms with Crippen molar-refractivity contribution >= 4 is 5.97 Å². The van der Waals surface area contributed by atoms with Crippen LogP contribution in [0.25, 0.3) is 5.69 Å². The molecule has 0 radical (unpaired) electrons. The lowest BCUT2D eigenvalue weighted by Crippen LogP contribution is -2.15. The first kappa shape index (κ1) is 16.4. The summed E-state index contributed by atoms with van der Waals surface area (Å²) in [7, 11) is 0.